The van der Waals surface area contributed by atoms with Gasteiger partial charge in [0.25, 0.3) is 0 Å². The zero-order valence-electron chi connectivity index (χ0n) is 22.2. The largest absolute Gasteiger partial charge is 0.453 e. The van der Waals surface area contributed by atoms with Gasteiger partial charge in [-0.1, -0.05) is 24.6 Å². The van der Waals surface area contributed by atoms with Crippen molar-refractivity contribution < 1.29 is 28.2 Å². The standard InChI is InChI=1S/C27H43FN4O5/c1-29-17-22(16-20-8-5-6-14-36-19-20)31-26(33)32-13-7-9-21(18-32)25(23-10-3-4-11-24(23)28)37-15-12-30-27(34)35-2/h3-4,10-11,20-22,25,29H,5-9,12-19H2,1-2H3,(H,30,34)(H,31,33)/t20-,21-,22+,25-/m1/s1. The summed E-state index contributed by atoms with van der Waals surface area (Å²) in [5, 5.41) is 9.02. The third-order valence-corrected chi connectivity index (χ3v) is 7.14. The number of alkyl carbamates (subject to hydrolysis) is 1. The van der Waals surface area contributed by atoms with Gasteiger partial charge in [0, 0.05) is 56.9 Å². The summed E-state index contributed by atoms with van der Waals surface area (Å²) in [6, 6.07) is 6.49. The molecule has 4 atom stereocenters. The molecule has 2 heterocycles. The normalized spacial score (nSPS) is 22.0. The van der Waals surface area contributed by atoms with Crippen molar-refractivity contribution in [2.45, 2.75) is 50.7 Å². The van der Waals surface area contributed by atoms with Crippen molar-refractivity contribution >= 4 is 12.1 Å². The number of nitrogens with one attached hydrogen (secondary N) is 3. The van der Waals surface area contributed by atoms with E-state index in [1.165, 1.54) is 13.2 Å². The number of carbonyl (C=O) groups is 2. The molecule has 2 aliphatic heterocycles. The first-order valence-electron chi connectivity index (χ1n) is 13.5. The summed E-state index contributed by atoms with van der Waals surface area (Å²) in [5.74, 6) is 0.0231. The van der Waals surface area contributed by atoms with Crippen LogP contribution in [0.3, 0.4) is 0 Å². The van der Waals surface area contributed by atoms with Crippen LogP contribution in [0.15, 0.2) is 24.3 Å². The van der Waals surface area contributed by atoms with E-state index in [0.29, 0.717) is 31.1 Å². The van der Waals surface area contributed by atoms with Gasteiger partial charge in [0.2, 0.25) is 0 Å². The van der Waals surface area contributed by atoms with Crippen LogP contribution in [0.4, 0.5) is 14.0 Å². The molecule has 1 aromatic rings. The Kier molecular flexibility index (Phi) is 12.4. The van der Waals surface area contributed by atoms with Crippen molar-refractivity contribution in [3.63, 3.8) is 0 Å². The van der Waals surface area contributed by atoms with Crippen molar-refractivity contribution in [3.05, 3.63) is 35.6 Å². The number of nitrogens with zero attached hydrogens (tertiary/aromatic N) is 1. The summed E-state index contributed by atoms with van der Waals surface area (Å²) in [6.07, 6.45) is 4.79. The summed E-state index contributed by atoms with van der Waals surface area (Å²) in [4.78, 5) is 26.5. The highest BCUT2D eigenvalue weighted by atomic mass is 19.1. The quantitative estimate of drug-likeness (QED) is 0.385. The first kappa shape index (κ1) is 29.1. The lowest BCUT2D eigenvalue weighted by Gasteiger charge is -2.38. The van der Waals surface area contributed by atoms with E-state index in [0.717, 1.165) is 51.7 Å². The molecule has 0 unspecified atom stereocenters. The minimum Gasteiger partial charge on any atom is -0.453 e. The van der Waals surface area contributed by atoms with Gasteiger partial charge < -0.3 is 35.1 Å². The molecule has 0 aliphatic carbocycles. The van der Waals surface area contributed by atoms with Gasteiger partial charge in [0.1, 0.15) is 5.82 Å². The van der Waals surface area contributed by atoms with Crippen LogP contribution in [-0.4, -0.2) is 83.2 Å². The minimum atomic E-state index is -0.543. The molecule has 208 valence electrons. The number of urea groups is 1. The number of halogens is 1. The topological polar surface area (TPSA) is 101 Å². The Labute approximate surface area is 219 Å². The van der Waals surface area contributed by atoms with E-state index in [1.54, 1.807) is 18.2 Å². The number of piperidine rings is 1. The number of likely N-dealkylation sites (tertiary alicyclic amines) is 1. The van der Waals surface area contributed by atoms with Crippen LogP contribution in [0.5, 0.6) is 0 Å². The van der Waals surface area contributed by atoms with Crippen LogP contribution in [-0.2, 0) is 14.2 Å². The number of benzene rings is 1. The number of methoxy groups -OCH3 is 1. The Morgan fingerprint density at radius 2 is 2.05 bits per heavy atom. The maximum Gasteiger partial charge on any atom is 0.406 e. The average molecular weight is 523 g/mol. The molecule has 2 aliphatic rings. The number of amides is 3. The lowest BCUT2D eigenvalue weighted by molar-refractivity contribution is -0.0106. The second-order valence-electron chi connectivity index (χ2n) is 9.96. The lowest BCUT2D eigenvalue weighted by atomic mass is 9.88. The van der Waals surface area contributed by atoms with Gasteiger partial charge >= 0.3 is 12.1 Å². The lowest BCUT2D eigenvalue weighted by Crippen LogP contribution is -2.52. The van der Waals surface area contributed by atoms with Gasteiger partial charge in [-0.25, -0.2) is 14.0 Å². The van der Waals surface area contributed by atoms with Gasteiger partial charge in [0.05, 0.1) is 19.8 Å². The third kappa shape index (κ3) is 9.43. The molecule has 0 aromatic heterocycles. The molecule has 0 radical (unpaired) electrons. The van der Waals surface area contributed by atoms with Crippen LogP contribution < -0.4 is 16.0 Å². The van der Waals surface area contributed by atoms with Gasteiger partial charge in [0.15, 0.2) is 0 Å². The number of hydrogen-bond acceptors (Lipinski definition) is 6. The number of likely N-dealkylation sites (N-methyl/N-ethyl adjacent to an activating group) is 1. The molecule has 2 saturated heterocycles. The van der Waals surface area contributed by atoms with E-state index in [1.807, 2.05) is 11.9 Å². The minimum absolute atomic E-state index is 0.00703. The third-order valence-electron chi connectivity index (χ3n) is 7.14. The van der Waals surface area contributed by atoms with Gasteiger partial charge in [-0.2, -0.15) is 0 Å². The fourth-order valence-corrected chi connectivity index (χ4v) is 5.30. The summed E-state index contributed by atoms with van der Waals surface area (Å²) in [5.41, 5.74) is 0.467. The molecule has 2 fully saturated rings. The number of hydrogen-bond donors (Lipinski definition) is 3. The zero-order chi connectivity index (χ0) is 26.5. The Morgan fingerprint density at radius 3 is 2.84 bits per heavy atom. The molecule has 3 amide bonds. The number of carbonyl (C=O) groups excluding carboxylic acids is 2. The molecule has 37 heavy (non-hydrogen) atoms. The maximum atomic E-state index is 14.8. The first-order valence-corrected chi connectivity index (χ1v) is 13.5. The zero-order valence-corrected chi connectivity index (χ0v) is 22.2. The molecule has 0 bridgehead atoms. The van der Waals surface area contributed by atoms with E-state index >= 15 is 0 Å². The summed E-state index contributed by atoms with van der Waals surface area (Å²) >= 11 is 0. The van der Waals surface area contributed by atoms with Crippen LogP contribution >= 0.6 is 0 Å². The molecular weight excluding hydrogens is 479 g/mol. The van der Waals surface area contributed by atoms with E-state index in [2.05, 4.69) is 20.7 Å². The highest BCUT2D eigenvalue weighted by Gasteiger charge is 2.33. The molecule has 0 spiro atoms. The van der Waals surface area contributed by atoms with Gasteiger partial charge in [-0.05, 0) is 51.1 Å². The highest BCUT2D eigenvalue weighted by molar-refractivity contribution is 5.74. The van der Waals surface area contributed by atoms with Gasteiger partial charge in [-0.15, -0.1) is 0 Å². The number of ether oxygens (including phenoxy) is 3. The predicted octanol–water partition coefficient (Wildman–Crippen LogP) is 3.46. The van der Waals surface area contributed by atoms with Crippen LogP contribution in [0, 0.1) is 17.7 Å². The molecule has 3 rings (SSSR count). The van der Waals surface area contributed by atoms with E-state index < -0.39 is 12.2 Å². The smallest absolute Gasteiger partial charge is 0.406 e. The van der Waals surface area contributed by atoms with Gasteiger partial charge in [-0.3, -0.25) is 0 Å². The summed E-state index contributed by atoms with van der Waals surface area (Å²) in [7, 11) is 3.19. The van der Waals surface area contributed by atoms with E-state index in [9.17, 15) is 14.0 Å². The van der Waals surface area contributed by atoms with Crippen LogP contribution in [0.1, 0.15) is 50.2 Å². The Bertz CT molecular complexity index is 837. The molecule has 1 aromatic carbocycles. The Morgan fingerprint density at radius 1 is 1.22 bits per heavy atom. The Hall–Kier alpha value is -2.43. The van der Waals surface area contributed by atoms with Crippen molar-refractivity contribution in [3.8, 4) is 0 Å². The molecule has 10 heteroatoms. The fraction of sp³-hybridized carbons (Fsp3) is 0.704. The van der Waals surface area contributed by atoms with Crippen molar-refractivity contribution in [2.75, 3.05) is 60.2 Å². The van der Waals surface area contributed by atoms with Crippen molar-refractivity contribution in [1.29, 1.82) is 0 Å². The second kappa shape index (κ2) is 15.7. The van der Waals surface area contributed by atoms with E-state index in [4.69, 9.17) is 9.47 Å². The summed E-state index contributed by atoms with van der Waals surface area (Å²) < 4.78 is 31.2. The molecule has 0 saturated carbocycles. The molecule has 9 nitrogen and oxygen atoms in total. The van der Waals surface area contributed by atoms with Crippen LogP contribution in [0.25, 0.3) is 0 Å². The average Bonchev–Trinajstić information content (AvgIpc) is 3.18. The monoisotopic (exact) mass is 522 g/mol. The fourth-order valence-electron chi connectivity index (χ4n) is 5.30. The van der Waals surface area contributed by atoms with Crippen LogP contribution in [0.2, 0.25) is 0 Å². The van der Waals surface area contributed by atoms with Crippen molar-refractivity contribution in [2.24, 2.45) is 11.8 Å². The van der Waals surface area contributed by atoms with E-state index in [-0.39, 0.29) is 37.0 Å². The molecule has 3 N–H and O–H groups in total. The predicted molar refractivity (Wildman–Crippen MR) is 139 cm³/mol. The number of rotatable bonds is 11. The Balaban J connectivity index is 1.62. The molecular formula is C27H43FN4O5. The summed E-state index contributed by atoms with van der Waals surface area (Å²) in [6.45, 7) is 3.81. The highest BCUT2D eigenvalue weighted by Crippen LogP contribution is 2.34. The maximum absolute atomic E-state index is 14.8. The second-order valence-corrected chi connectivity index (χ2v) is 9.96. The van der Waals surface area contributed by atoms with Crippen molar-refractivity contribution in [1.82, 2.24) is 20.9 Å². The SMILES string of the molecule is CNC[C@H](C[C@H]1CCCCOC1)NC(=O)N1CCC[C@@H]([C@@H](OCCNC(=O)OC)c2ccccc2F)C1. The first-order chi connectivity index (χ1) is 18.0.